The van der Waals surface area contributed by atoms with Crippen LogP contribution in [0, 0.1) is 0 Å². The van der Waals surface area contributed by atoms with Crippen LogP contribution in [0.3, 0.4) is 0 Å². The molecule has 0 saturated carbocycles. The molecule has 3 rings (SSSR count). The van der Waals surface area contributed by atoms with Gasteiger partial charge in [0.15, 0.2) is 0 Å². The summed E-state index contributed by atoms with van der Waals surface area (Å²) >= 11 is 0. The number of rotatable bonds is 2. The topological polar surface area (TPSA) is 19.4 Å². The van der Waals surface area contributed by atoms with Crippen LogP contribution in [-0.2, 0) is 6.54 Å². The van der Waals surface area contributed by atoms with Gasteiger partial charge in [0.25, 0.3) is 0 Å². The van der Waals surface area contributed by atoms with Gasteiger partial charge < -0.3 is 4.90 Å². The van der Waals surface area contributed by atoms with Crippen molar-refractivity contribution in [2.24, 2.45) is 0 Å². The average molecular weight is 217 g/mol. The van der Waals surface area contributed by atoms with Gasteiger partial charge in [0.2, 0.25) is 0 Å². The molecule has 2 fully saturated rings. The molecule has 16 heavy (non-hydrogen) atoms. The van der Waals surface area contributed by atoms with Crippen LogP contribution >= 0.6 is 0 Å². The lowest BCUT2D eigenvalue weighted by Crippen LogP contribution is -2.51. The summed E-state index contributed by atoms with van der Waals surface area (Å²) in [5.74, 6) is 0. The molecule has 0 N–H and O–H groups in total. The van der Waals surface area contributed by atoms with Gasteiger partial charge in [0, 0.05) is 37.9 Å². The first-order chi connectivity index (χ1) is 7.83. The third kappa shape index (κ3) is 1.85. The molecule has 0 aliphatic carbocycles. The number of pyridine rings is 1. The van der Waals surface area contributed by atoms with E-state index in [1.165, 1.54) is 31.6 Å². The minimum absolute atomic E-state index is 0.755. The summed E-state index contributed by atoms with van der Waals surface area (Å²) in [6, 6.07) is 7.72. The molecule has 3 nitrogen and oxygen atoms in total. The average Bonchev–Trinajstić information content (AvgIpc) is 2.54. The van der Waals surface area contributed by atoms with Gasteiger partial charge in [-0.1, -0.05) is 6.07 Å². The van der Waals surface area contributed by atoms with Gasteiger partial charge in [-0.2, -0.15) is 0 Å². The highest BCUT2D eigenvalue weighted by Gasteiger charge is 2.38. The Morgan fingerprint density at radius 1 is 1.25 bits per heavy atom. The van der Waals surface area contributed by atoms with E-state index in [1.807, 2.05) is 12.3 Å². The number of aromatic nitrogens is 1. The van der Waals surface area contributed by atoms with Crippen molar-refractivity contribution in [2.45, 2.75) is 31.5 Å². The van der Waals surface area contributed by atoms with Gasteiger partial charge in [-0.3, -0.25) is 9.88 Å². The number of likely N-dealkylation sites (N-methyl/N-ethyl adjacent to an activating group) is 1. The molecular weight excluding hydrogens is 198 g/mol. The number of piperazine rings is 1. The third-order valence-corrected chi connectivity index (χ3v) is 3.89. The fourth-order valence-corrected chi connectivity index (χ4v) is 3.14. The second-order valence-electron chi connectivity index (χ2n) is 5.10. The van der Waals surface area contributed by atoms with Crippen molar-refractivity contribution in [2.75, 3.05) is 20.1 Å². The van der Waals surface area contributed by atoms with E-state index in [0.29, 0.717) is 0 Å². The summed E-state index contributed by atoms with van der Waals surface area (Å²) in [6.45, 7) is 3.48. The van der Waals surface area contributed by atoms with Crippen molar-refractivity contribution in [1.29, 1.82) is 0 Å². The van der Waals surface area contributed by atoms with Crippen LogP contribution in [0.2, 0.25) is 0 Å². The predicted molar refractivity (Wildman–Crippen MR) is 64.1 cm³/mol. The van der Waals surface area contributed by atoms with Gasteiger partial charge in [-0.05, 0) is 32.0 Å². The second-order valence-corrected chi connectivity index (χ2v) is 5.10. The molecule has 1 aromatic rings. The smallest absolute Gasteiger partial charge is 0.0544 e. The number of likely N-dealkylation sites (tertiary alicyclic amines) is 1. The summed E-state index contributed by atoms with van der Waals surface area (Å²) in [4.78, 5) is 9.56. The largest absolute Gasteiger partial charge is 0.303 e. The Balaban J connectivity index is 1.72. The molecule has 3 heterocycles. The molecular formula is C13H19N3. The van der Waals surface area contributed by atoms with E-state index in [-0.39, 0.29) is 0 Å². The normalized spacial score (nSPS) is 30.8. The van der Waals surface area contributed by atoms with E-state index in [1.54, 1.807) is 0 Å². The highest BCUT2D eigenvalue weighted by atomic mass is 15.3. The lowest BCUT2D eigenvalue weighted by atomic mass is 10.2. The van der Waals surface area contributed by atoms with Gasteiger partial charge >= 0.3 is 0 Å². The van der Waals surface area contributed by atoms with Crippen molar-refractivity contribution in [3.8, 4) is 0 Å². The molecule has 2 aliphatic heterocycles. The van der Waals surface area contributed by atoms with Gasteiger partial charge in [0.1, 0.15) is 0 Å². The second kappa shape index (κ2) is 4.15. The van der Waals surface area contributed by atoms with Gasteiger partial charge in [-0.15, -0.1) is 0 Å². The molecule has 86 valence electrons. The highest BCUT2D eigenvalue weighted by molar-refractivity contribution is 5.06. The van der Waals surface area contributed by atoms with Gasteiger partial charge in [0.05, 0.1) is 5.69 Å². The van der Waals surface area contributed by atoms with Crippen molar-refractivity contribution in [3.05, 3.63) is 30.1 Å². The SMILES string of the molecule is CN1CC2CCC(C1)N2Cc1ccccn1. The molecule has 2 aliphatic rings. The molecule has 2 bridgehead atoms. The summed E-state index contributed by atoms with van der Waals surface area (Å²) < 4.78 is 0. The summed E-state index contributed by atoms with van der Waals surface area (Å²) in [6.07, 6.45) is 4.62. The zero-order valence-electron chi connectivity index (χ0n) is 9.84. The van der Waals surface area contributed by atoms with Crippen molar-refractivity contribution in [1.82, 2.24) is 14.8 Å². The first-order valence-corrected chi connectivity index (χ1v) is 6.17. The standard InChI is InChI=1S/C13H19N3/c1-15-9-12-5-6-13(10-15)16(12)8-11-4-2-3-7-14-11/h2-4,7,12-13H,5-6,8-10H2,1H3. The third-order valence-electron chi connectivity index (χ3n) is 3.89. The quantitative estimate of drug-likeness (QED) is 0.745. The number of fused-ring (bicyclic) bond motifs is 2. The molecule has 2 unspecified atom stereocenters. The summed E-state index contributed by atoms with van der Waals surface area (Å²) in [5.41, 5.74) is 1.21. The molecule has 0 aromatic carbocycles. The van der Waals surface area contributed by atoms with Crippen LogP contribution in [0.5, 0.6) is 0 Å². The molecule has 2 atom stereocenters. The molecule has 1 aromatic heterocycles. The van der Waals surface area contributed by atoms with Crippen molar-refractivity contribution < 1.29 is 0 Å². The Morgan fingerprint density at radius 3 is 2.62 bits per heavy atom. The molecule has 3 heteroatoms. The Morgan fingerprint density at radius 2 is 2.00 bits per heavy atom. The predicted octanol–water partition coefficient (Wildman–Crippen LogP) is 1.36. The molecule has 0 radical (unpaired) electrons. The van der Waals surface area contributed by atoms with E-state index in [2.05, 4.69) is 34.0 Å². The van der Waals surface area contributed by atoms with Crippen LogP contribution < -0.4 is 0 Å². The maximum absolute atomic E-state index is 4.43. The van der Waals surface area contributed by atoms with E-state index in [9.17, 15) is 0 Å². The maximum atomic E-state index is 4.43. The van der Waals surface area contributed by atoms with Crippen LogP contribution in [0.15, 0.2) is 24.4 Å². The van der Waals surface area contributed by atoms with E-state index in [4.69, 9.17) is 0 Å². The van der Waals surface area contributed by atoms with E-state index >= 15 is 0 Å². The van der Waals surface area contributed by atoms with Crippen LogP contribution in [0.4, 0.5) is 0 Å². The lowest BCUT2D eigenvalue weighted by Gasteiger charge is -2.39. The molecule has 2 saturated heterocycles. The Kier molecular flexibility index (Phi) is 2.65. The fourth-order valence-electron chi connectivity index (χ4n) is 3.14. The Bertz CT molecular complexity index is 337. The maximum Gasteiger partial charge on any atom is 0.0544 e. The number of hydrogen-bond acceptors (Lipinski definition) is 3. The number of hydrogen-bond donors (Lipinski definition) is 0. The first kappa shape index (κ1) is 10.2. The Hall–Kier alpha value is -0.930. The molecule has 0 amide bonds. The Labute approximate surface area is 97.1 Å². The zero-order chi connectivity index (χ0) is 11.0. The van der Waals surface area contributed by atoms with Gasteiger partial charge in [-0.25, -0.2) is 0 Å². The zero-order valence-corrected chi connectivity index (χ0v) is 9.84. The summed E-state index contributed by atoms with van der Waals surface area (Å²) in [5, 5.41) is 0. The lowest BCUT2D eigenvalue weighted by molar-refractivity contribution is 0.0749. The number of nitrogens with zero attached hydrogens (tertiary/aromatic N) is 3. The van der Waals surface area contributed by atoms with Crippen molar-refractivity contribution in [3.63, 3.8) is 0 Å². The van der Waals surface area contributed by atoms with Crippen molar-refractivity contribution >= 4 is 0 Å². The monoisotopic (exact) mass is 217 g/mol. The fraction of sp³-hybridized carbons (Fsp3) is 0.615. The van der Waals surface area contributed by atoms with Crippen LogP contribution in [-0.4, -0.2) is 47.0 Å². The highest BCUT2D eigenvalue weighted by Crippen LogP contribution is 2.30. The first-order valence-electron chi connectivity index (χ1n) is 6.17. The van der Waals surface area contributed by atoms with E-state index < -0.39 is 0 Å². The molecule has 0 spiro atoms. The van der Waals surface area contributed by atoms with Crippen LogP contribution in [0.1, 0.15) is 18.5 Å². The van der Waals surface area contributed by atoms with E-state index in [0.717, 1.165) is 18.6 Å². The minimum Gasteiger partial charge on any atom is -0.303 e. The minimum atomic E-state index is 0.755. The summed E-state index contributed by atoms with van der Waals surface area (Å²) in [7, 11) is 2.24. The van der Waals surface area contributed by atoms with Crippen LogP contribution in [0.25, 0.3) is 0 Å².